The van der Waals surface area contributed by atoms with Gasteiger partial charge < -0.3 is 18.9 Å². The van der Waals surface area contributed by atoms with Gasteiger partial charge in [-0.05, 0) is 55.4 Å². The van der Waals surface area contributed by atoms with E-state index in [1.54, 1.807) is 0 Å². The lowest BCUT2D eigenvalue weighted by molar-refractivity contribution is -0.246. The summed E-state index contributed by atoms with van der Waals surface area (Å²) in [5, 5.41) is 0. The van der Waals surface area contributed by atoms with Crippen LogP contribution in [0.3, 0.4) is 0 Å². The second-order valence-electron chi connectivity index (χ2n) is 10.5. The molecule has 0 radical (unpaired) electrons. The molecule has 0 aromatic heterocycles. The number of ether oxygens (including phenoxy) is 4. The Bertz CT molecular complexity index is 807. The molecule has 2 heterocycles. The first-order valence-corrected chi connectivity index (χ1v) is 11.1. The van der Waals surface area contributed by atoms with Crippen molar-refractivity contribution in [2.24, 2.45) is 28.6 Å². The van der Waals surface area contributed by atoms with Crippen molar-refractivity contribution in [3.05, 3.63) is 11.6 Å². The summed E-state index contributed by atoms with van der Waals surface area (Å²) in [4.78, 5) is 25.8. The van der Waals surface area contributed by atoms with Crippen molar-refractivity contribution in [2.45, 2.75) is 70.2 Å². The number of carbonyl (C=O) groups excluding carboxylic acids is 2. The van der Waals surface area contributed by atoms with Crippen LogP contribution in [0.4, 0.5) is 0 Å². The van der Waals surface area contributed by atoms with Gasteiger partial charge in [0.05, 0.1) is 0 Å². The van der Waals surface area contributed by atoms with Gasteiger partial charge in [-0.1, -0.05) is 19.4 Å². The predicted octanol–water partition coefficient (Wildman–Crippen LogP) is 3.14. The summed E-state index contributed by atoms with van der Waals surface area (Å²) >= 11 is 0. The summed E-state index contributed by atoms with van der Waals surface area (Å²) in [6, 6.07) is 0. The molecule has 2 spiro atoms. The van der Waals surface area contributed by atoms with Crippen molar-refractivity contribution in [3.63, 3.8) is 0 Å². The van der Waals surface area contributed by atoms with E-state index in [2.05, 4.69) is 13.8 Å². The van der Waals surface area contributed by atoms with E-state index in [0.29, 0.717) is 37.1 Å². The van der Waals surface area contributed by atoms with E-state index < -0.39 is 11.4 Å². The predicted molar refractivity (Wildman–Crippen MR) is 102 cm³/mol. The second kappa shape index (κ2) is 5.78. The van der Waals surface area contributed by atoms with E-state index in [0.717, 1.165) is 32.1 Å². The molecule has 158 valence electrons. The Hall–Kier alpha value is -1.08. The van der Waals surface area contributed by atoms with E-state index in [4.69, 9.17) is 18.9 Å². The Labute approximate surface area is 171 Å². The second-order valence-corrected chi connectivity index (χ2v) is 10.5. The number of Topliss-reactive ketones (excluding diaryl/α,β-unsaturated/α-hetero) is 1. The van der Waals surface area contributed by atoms with Gasteiger partial charge in [-0.3, -0.25) is 9.59 Å². The highest BCUT2D eigenvalue weighted by atomic mass is 16.9. The Balaban J connectivity index is 1.42. The van der Waals surface area contributed by atoms with Crippen LogP contribution in [0, 0.1) is 28.6 Å². The molecule has 6 rings (SSSR count). The average molecular weight is 402 g/mol. The standard InChI is InChI=1S/C23H30O6/c1-20-7-5-15(24)9-14(20)3-4-16-17-6-8-22(21(17,2)10-18(25)19(16)20)23(29-13-27-22)11-26-12-28-23/h9,16-17,19H,3-8,10-13H2,1-2H3/t16-,17+,19+,20-,21-,22+,23+/m0/s1. The summed E-state index contributed by atoms with van der Waals surface area (Å²) in [7, 11) is 0. The van der Waals surface area contributed by atoms with E-state index >= 15 is 0 Å². The van der Waals surface area contributed by atoms with Crippen LogP contribution in [0.2, 0.25) is 0 Å². The summed E-state index contributed by atoms with van der Waals surface area (Å²) < 4.78 is 24.0. The number of hydrogen-bond acceptors (Lipinski definition) is 6. The largest absolute Gasteiger partial charge is 0.350 e. The summed E-state index contributed by atoms with van der Waals surface area (Å²) in [5.41, 5.74) is 0.103. The fourth-order valence-corrected chi connectivity index (χ4v) is 8.36. The first-order chi connectivity index (χ1) is 13.9. The van der Waals surface area contributed by atoms with Gasteiger partial charge in [-0.25, -0.2) is 0 Å². The smallest absolute Gasteiger partial charge is 0.226 e. The minimum Gasteiger partial charge on any atom is -0.350 e. The summed E-state index contributed by atoms with van der Waals surface area (Å²) in [6.07, 6.45) is 7.48. The Morgan fingerprint density at radius 1 is 1.00 bits per heavy atom. The van der Waals surface area contributed by atoms with E-state index in [-0.39, 0.29) is 36.1 Å². The third kappa shape index (κ3) is 2.07. The first kappa shape index (κ1) is 18.7. The fraction of sp³-hybridized carbons (Fsp3) is 0.826. The number of allylic oxidation sites excluding steroid dienone is 1. The molecule has 6 heteroatoms. The molecule has 5 fully saturated rings. The van der Waals surface area contributed by atoms with Gasteiger partial charge in [0.25, 0.3) is 0 Å². The zero-order valence-corrected chi connectivity index (χ0v) is 17.3. The van der Waals surface area contributed by atoms with Crippen LogP contribution in [0.1, 0.15) is 58.8 Å². The average Bonchev–Trinajstić information content (AvgIpc) is 3.37. The minimum atomic E-state index is -0.884. The summed E-state index contributed by atoms with van der Waals surface area (Å²) in [6.45, 7) is 5.24. The van der Waals surface area contributed by atoms with Crippen LogP contribution in [-0.2, 0) is 28.5 Å². The maximum Gasteiger partial charge on any atom is 0.226 e. The maximum atomic E-state index is 13.8. The van der Waals surface area contributed by atoms with Gasteiger partial charge >= 0.3 is 0 Å². The van der Waals surface area contributed by atoms with Gasteiger partial charge in [0.15, 0.2) is 19.4 Å². The van der Waals surface area contributed by atoms with Crippen molar-refractivity contribution >= 4 is 11.6 Å². The SMILES string of the molecule is C[C@]12CCC(=O)C=C1CC[C@H]1[C@H]3CC[C@@]4(OCO[C@]45COCO5)[C@@]3(C)CC(=O)[C@@H]12. The number of hydrogen-bond donors (Lipinski definition) is 0. The number of fused-ring (bicyclic) bond motifs is 7. The number of carbonyl (C=O) groups is 2. The fourth-order valence-electron chi connectivity index (χ4n) is 8.36. The molecule has 0 unspecified atom stereocenters. The lowest BCUT2D eigenvalue weighted by Gasteiger charge is -2.59. The van der Waals surface area contributed by atoms with Crippen LogP contribution in [0.5, 0.6) is 0 Å². The van der Waals surface area contributed by atoms with Crippen molar-refractivity contribution in [2.75, 3.05) is 20.2 Å². The van der Waals surface area contributed by atoms with Gasteiger partial charge in [0, 0.05) is 24.2 Å². The molecule has 6 nitrogen and oxygen atoms in total. The van der Waals surface area contributed by atoms with Crippen molar-refractivity contribution in [1.29, 1.82) is 0 Å². The van der Waals surface area contributed by atoms with Crippen molar-refractivity contribution in [3.8, 4) is 0 Å². The van der Waals surface area contributed by atoms with Crippen molar-refractivity contribution < 1.29 is 28.5 Å². The molecule has 0 aromatic rings. The molecule has 2 saturated heterocycles. The molecule has 0 aromatic carbocycles. The molecule has 6 aliphatic rings. The Kier molecular flexibility index (Phi) is 3.72. The Morgan fingerprint density at radius 2 is 1.83 bits per heavy atom. The molecule has 0 bridgehead atoms. The highest BCUT2D eigenvalue weighted by Crippen LogP contribution is 2.70. The minimum absolute atomic E-state index is 0.0165. The normalized spacial score (nSPS) is 53.9. The third-order valence-corrected chi connectivity index (χ3v) is 9.65. The Morgan fingerprint density at radius 3 is 2.62 bits per heavy atom. The topological polar surface area (TPSA) is 71.1 Å². The van der Waals surface area contributed by atoms with Crippen LogP contribution in [0.25, 0.3) is 0 Å². The van der Waals surface area contributed by atoms with Gasteiger partial charge in [0.1, 0.15) is 18.0 Å². The van der Waals surface area contributed by atoms with Gasteiger partial charge in [-0.15, -0.1) is 0 Å². The third-order valence-electron chi connectivity index (χ3n) is 9.65. The molecular formula is C23H30O6. The maximum absolute atomic E-state index is 13.8. The molecule has 0 N–H and O–H groups in total. The molecule has 7 atom stereocenters. The molecule has 29 heavy (non-hydrogen) atoms. The van der Waals surface area contributed by atoms with Gasteiger partial charge in [-0.2, -0.15) is 0 Å². The molecule has 3 saturated carbocycles. The molecule has 0 amide bonds. The highest BCUT2D eigenvalue weighted by Gasteiger charge is 2.76. The molecule has 4 aliphatic carbocycles. The monoisotopic (exact) mass is 402 g/mol. The first-order valence-electron chi connectivity index (χ1n) is 11.1. The summed E-state index contributed by atoms with van der Waals surface area (Å²) in [5.74, 6) is 0.416. The van der Waals surface area contributed by atoms with E-state index in [1.165, 1.54) is 5.57 Å². The zero-order valence-electron chi connectivity index (χ0n) is 17.3. The van der Waals surface area contributed by atoms with Gasteiger partial charge in [0.2, 0.25) is 5.79 Å². The van der Waals surface area contributed by atoms with E-state index in [9.17, 15) is 9.59 Å². The lowest BCUT2D eigenvalue weighted by atomic mass is 9.45. The number of ketones is 2. The van der Waals surface area contributed by atoms with Crippen LogP contribution >= 0.6 is 0 Å². The lowest BCUT2D eigenvalue weighted by Crippen LogP contribution is -2.65. The number of rotatable bonds is 0. The zero-order chi connectivity index (χ0) is 20.1. The van der Waals surface area contributed by atoms with Crippen molar-refractivity contribution in [1.82, 2.24) is 0 Å². The van der Waals surface area contributed by atoms with Crippen LogP contribution < -0.4 is 0 Å². The van der Waals surface area contributed by atoms with Crippen LogP contribution in [-0.4, -0.2) is 43.1 Å². The highest BCUT2D eigenvalue weighted by molar-refractivity contribution is 5.93. The molecular weight excluding hydrogens is 372 g/mol. The quantitative estimate of drug-likeness (QED) is 0.620. The van der Waals surface area contributed by atoms with Crippen LogP contribution in [0.15, 0.2) is 11.6 Å². The van der Waals surface area contributed by atoms with E-state index in [1.807, 2.05) is 6.08 Å². The molecule has 2 aliphatic heterocycles.